The summed E-state index contributed by atoms with van der Waals surface area (Å²) >= 11 is 0. The van der Waals surface area contributed by atoms with Gasteiger partial charge in [0.15, 0.2) is 0 Å². The summed E-state index contributed by atoms with van der Waals surface area (Å²) in [6.45, 7) is 0. The van der Waals surface area contributed by atoms with Crippen molar-refractivity contribution in [3.63, 3.8) is 0 Å². The van der Waals surface area contributed by atoms with Crippen molar-refractivity contribution >= 4 is 10.8 Å². The highest BCUT2D eigenvalue weighted by atomic mass is 16.3. The largest absolute Gasteiger partial charge is 0.391 e. The molecule has 2 aromatic carbocycles. The van der Waals surface area contributed by atoms with Gasteiger partial charge in [-0.15, -0.1) is 0 Å². The molecular formula is C15H17NO. The fourth-order valence-corrected chi connectivity index (χ4v) is 2.46. The van der Waals surface area contributed by atoms with E-state index in [1.54, 1.807) is 0 Å². The van der Waals surface area contributed by atoms with E-state index >= 15 is 0 Å². The first-order valence-electron chi connectivity index (χ1n) is 6.18. The van der Waals surface area contributed by atoms with Crippen molar-refractivity contribution in [2.24, 2.45) is 11.7 Å². The molecule has 2 atom stereocenters. The molecule has 1 fully saturated rings. The lowest BCUT2D eigenvalue weighted by Crippen LogP contribution is -2.28. The monoisotopic (exact) mass is 227 g/mol. The van der Waals surface area contributed by atoms with Crippen LogP contribution in [0.15, 0.2) is 42.5 Å². The van der Waals surface area contributed by atoms with E-state index in [4.69, 9.17) is 5.73 Å². The predicted molar refractivity (Wildman–Crippen MR) is 69.6 cm³/mol. The summed E-state index contributed by atoms with van der Waals surface area (Å²) < 4.78 is 0. The Morgan fingerprint density at radius 3 is 2.53 bits per heavy atom. The van der Waals surface area contributed by atoms with Gasteiger partial charge in [-0.3, -0.25) is 0 Å². The summed E-state index contributed by atoms with van der Waals surface area (Å²) in [4.78, 5) is 0. The molecule has 88 valence electrons. The lowest BCUT2D eigenvalue weighted by Gasteiger charge is -2.20. The van der Waals surface area contributed by atoms with Crippen LogP contribution in [0, 0.1) is 5.92 Å². The minimum Gasteiger partial charge on any atom is -0.391 e. The van der Waals surface area contributed by atoms with E-state index < -0.39 is 6.10 Å². The van der Waals surface area contributed by atoms with Gasteiger partial charge in [-0.05, 0) is 35.1 Å². The lowest BCUT2D eigenvalue weighted by molar-refractivity contribution is 0.123. The molecule has 3 rings (SSSR count). The zero-order chi connectivity index (χ0) is 11.8. The van der Waals surface area contributed by atoms with Crippen LogP contribution in [-0.4, -0.2) is 11.2 Å². The van der Waals surface area contributed by atoms with Gasteiger partial charge in [0.1, 0.15) is 0 Å². The van der Waals surface area contributed by atoms with Crippen LogP contribution < -0.4 is 5.73 Å². The highest BCUT2D eigenvalue weighted by Crippen LogP contribution is 2.38. The molecule has 2 nitrogen and oxygen atoms in total. The maximum Gasteiger partial charge on any atom is 0.0761 e. The third-order valence-corrected chi connectivity index (χ3v) is 3.66. The summed E-state index contributed by atoms with van der Waals surface area (Å²) in [5, 5.41) is 12.5. The number of rotatable bonds is 3. The van der Waals surface area contributed by atoms with Crippen molar-refractivity contribution in [2.75, 3.05) is 0 Å². The van der Waals surface area contributed by atoms with Gasteiger partial charge in [-0.2, -0.15) is 0 Å². The van der Waals surface area contributed by atoms with Crippen molar-refractivity contribution in [3.8, 4) is 0 Å². The topological polar surface area (TPSA) is 46.2 Å². The smallest absolute Gasteiger partial charge is 0.0761 e. The number of nitrogens with two attached hydrogens (primary N) is 1. The quantitative estimate of drug-likeness (QED) is 0.846. The fourth-order valence-electron chi connectivity index (χ4n) is 2.46. The molecule has 17 heavy (non-hydrogen) atoms. The number of aliphatic hydroxyl groups excluding tert-OH is 1. The molecule has 0 unspecified atom stereocenters. The van der Waals surface area contributed by atoms with Crippen molar-refractivity contribution < 1.29 is 5.11 Å². The van der Waals surface area contributed by atoms with Gasteiger partial charge in [0, 0.05) is 0 Å². The van der Waals surface area contributed by atoms with E-state index in [1.807, 2.05) is 24.3 Å². The number of hydrogen-bond acceptors (Lipinski definition) is 2. The Balaban J connectivity index is 2.03. The molecule has 3 N–H and O–H groups in total. The van der Waals surface area contributed by atoms with E-state index in [0.717, 1.165) is 23.8 Å². The Morgan fingerprint density at radius 1 is 1.06 bits per heavy atom. The highest BCUT2D eigenvalue weighted by molar-refractivity contribution is 5.86. The van der Waals surface area contributed by atoms with Crippen LogP contribution in [0.25, 0.3) is 10.8 Å². The molecular weight excluding hydrogens is 210 g/mol. The Bertz CT molecular complexity index is 528. The fraction of sp³-hybridized carbons (Fsp3) is 0.333. The molecule has 0 aliphatic heterocycles. The number of aliphatic hydroxyl groups is 1. The predicted octanol–water partition coefficient (Wildman–Crippen LogP) is 2.61. The van der Waals surface area contributed by atoms with Crippen LogP contribution in [0.5, 0.6) is 0 Å². The average molecular weight is 227 g/mol. The normalized spacial score (nSPS) is 19.2. The first kappa shape index (κ1) is 10.8. The molecule has 1 saturated carbocycles. The van der Waals surface area contributed by atoms with Gasteiger partial charge in [0.25, 0.3) is 0 Å². The Labute approximate surface area is 101 Å². The molecule has 0 bridgehead atoms. The third kappa shape index (κ3) is 1.94. The maximum absolute atomic E-state index is 10.1. The highest BCUT2D eigenvalue weighted by Gasteiger charge is 2.34. The van der Waals surface area contributed by atoms with Crippen LogP contribution in [0.2, 0.25) is 0 Å². The zero-order valence-electron chi connectivity index (χ0n) is 9.71. The van der Waals surface area contributed by atoms with E-state index in [2.05, 4.69) is 18.2 Å². The Kier molecular flexibility index (Phi) is 2.61. The van der Waals surface area contributed by atoms with Crippen molar-refractivity contribution in [1.29, 1.82) is 0 Å². The van der Waals surface area contributed by atoms with Crippen LogP contribution in [0.3, 0.4) is 0 Å². The van der Waals surface area contributed by atoms with Crippen LogP contribution in [0.4, 0.5) is 0 Å². The molecule has 0 heterocycles. The molecule has 1 aliphatic carbocycles. The number of benzene rings is 2. The molecule has 2 heteroatoms. The molecule has 0 aromatic heterocycles. The van der Waals surface area contributed by atoms with Crippen molar-refractivity contribution in [3.05, 3.63) is 48.0 Å². The molecule has 0 amide bonds. The second-order valence-corrected chi connectivity index (χ2v) is 4.92. The molecule has 0 saturated heterocycles. The summed E-state index contributed by atoms with van der Waals surface area (Å²) in [7, 11) is 0. The first-order chi connectivity index (χ1) is 8.27. The molecule has 1 aliphatic rings. The summed E-state index contributed by atoms with van der Waals surface area (Å²) in [5.74, 6) is 0.406. The van der Waals surface area contributed by atoms with Gasteiger partial charge >= 0.3 is 0 Å². The van der Waals surface area contributed by atoms with Crippen molar-refractivity contribution in [1.82, 2.24) is 0 Å². The minimum absolute atomic E-state index is 0.270. The van der Waals surface area contributed by atoms with Crippen LogP contribution in [0.1, 0.15) is 24.4 Å². The maximum atomic E-state index is 10.1. The standard InChI is InChI=1S/C15H17NO/c16-14(15(17)11-8-9-11)13-7-3-5-10-4-1-2-6-12(10)13/h1-7,11,14-15,17H,8-9,16H2/t14-,15+/m0/s1. The Hall–Kier alpha value is -1.38. The molecule has 0 spiro atoms. The van der Waals surface area contributed by atoms with E-state index in [9.17, 15) is 5.11 Å². The SMILES string of the molecule is N[C@@H](c1cccc2ccccc12)[C@H](O)C1CC1. The third-order valence-electron chi connectivity index (χ3n) is 3.66. The lowest BCUT2D eigenvalue weighted by atomic mass is 9.94. The first-order valence-corrected chi connectivity index (χ1v) is 6.18. The van der Waals surface area contributed by atoms with E-state index in [0.29, 0.717) is 5.92 Å². The average Bonchev–Trinajstić information content (AvgIpc) is 3.20. The van der Waals surface area contributed by atoms with E-state index in [1.165, 1.54) is 5.39 Å². The summed E-state index contributed by atoms with van der Waals surface area (Å²) in [6, 6.07) is 14.0. The zero-order valence-corrected chi connectivity index (χ0v) is 9.71. The van der Waals surface area contributed by atoms with Gasteiger partial charge in [0.2, 0.25) is 0 Å². The summed E-state index contributed by atoms with van der Waals surface area (Å²) in [6.07, 6.45) is 1.82. The number of fused-ring (bicyclic) bond motifs is 1. The van der Waals surface area contributed by atoms with Gasteiger partial charge in [-0.25, -0.2) is 0 Å². The van der Waals surface area contributed by atoms with Gasteiger partial charge in [-0.1, -0.05) is 42.5 Å². The molecule has 0 radical (unpaired) electrons. The Morgan fingerprint density at radius 2 is 1.76 bits per heavy atom. The molecule has 2 aromatic rings. The summed E-state index contributed by atoms with van der Waals surface area (Å²) in [5.41, 5.74) is 7.25. The van der Waals surface area contributed by atoms with Crippen molar-refractivity contribution in [2.45, 2.75) is 25.0 Å². The van der Waals surface area contributed by atoms with Gasteiger partial charge in [0.05, 0.1) is 12.1 Å². The van der Waals surface area contributed by atoms with E-state index in [-0.39, 0.29) is 6.04 Å². The minimum atomic E-state index is -0.402. The second kappa shape index (κ2) is 4.13. The van der Waals surface area contributed by atoms with Crippen LogP contribution in [-0.2, 0) is 0 Å². The van der Waals surface area contributed by atoms with Crippen LogP contribution >= 0.6 is 0 Å². The second-order valence-electron chi connectivity index (χ2n) is 4.92. The van der Waals surface area contributed by atoms with Gasteiger partial charge < -0.3 is 10.8 Å². The number of hydrogen-bond donors (Lipinski definition) is 2.